The van der Waals surface area contributed by atoms with E-state index in [0.29, 0.717) is 0 Å². The standard InChI is InChI=1S/C10H14O.Fe/c1-11-9-5-8-10-6-3-2-4-7-10;/h2-4,6-7H,5,8-9H2,1H3;. The first-order valence-corrected chi connectivity index (χ1v) is 3.96. The van der Waals surface area contributed by atoms with Gasteiger partial charge in [-0.05, 0) is 18.4 Å². The van der Waals surface area contributed by atoms with Crippen molar-refractivity contribution in [1.29, 1.82) is 0 Å². The van der Waals surface area contributed by atoms with E-state index in [9.17, 15) is 0 Å². The summed E-state index contributed by atoms with van der Waals surface area (Å²) in [4.78, 5) is 0. The molecule has 0 radical (unpaired) electrons. The van der Waals surface area contributed by atoms with Crippen LogP contribution in [-0.4, -0.2) is 13.7 Å². The van der Waals surface area contributed by atoms with Crippen molar-refractivity contribution in [3.8, 4) is 0 Å². The molecule has 1 aromatic rings. The average Bonchev–Trinajstić information content (AvgIpc) is 2.07. The number of rotatable bonds is 4. The van der Waals surface area contributed by atoms with Gasteiger partial charge in [0, 0.05) is 30.8 Å². The Kier molecular flexibility index (Phi) is 7.17. The molecular weight excluding hydrogens is 192 g/mol. The van der Waals surface area contributed by atoms with Crippen LogP contribution in [0.1, 0.15) is 12.0 Å². The summed E-state index contributed by atoms with van der Waals surface area (Å²) in [6, 6.07) is 10.5. The number of hydrogen-bond donors (Lipinski definition) is 0. The summed E-state index contributed by atoms with van der Waals surface area (Å²) >= 11 is 0. The van der Waals surface area contributed by atoms with Crippen molar-refractivity contribution in [2.24, 2.45) is 0 Å². The molecule has 1 aromatic carbocycles. The van der Waals surface area contributed by atoms with Crippen molar-refractivity contribution >= 4 is 0 Å². The summed E-state index contributed by atoms with van der Waals surface area (Å²) in [6.07, 6.45) is 2.23. The Balaban J connectivity index is 0.00000121. The van der Waals surface area contributed by atoms with E-state index in [1.165, 1.54) is 5.56 Å². The largest absolute Gasteiger partial charge is 0.385 e. The summed E-state index contributed by atoms with van der Waals surface area (Å²) < 4.78 is 4.96. The molecule has 68 valence electrons. The summed E-state index contributed by atoms with van der Waals surface area (Å²) in [5.41, 5.74) is 1.39. The van der Waals surface area contributed by atoms with Crippen LogP contribution in [0.4, 0.5) is 0 Å². The zero-order valence-electron chi connectivity index (χ0n) is 7.27. The van der Waals surface area contributed by atoms with Gasteiger partial charge in [-0.2, -0.15) is 0 Å². The van der Waals surface area contributed by atoms with Gasteiger partial charge in [-0.3, -0.25) is 0 Å². The van der Waals surface area contributed by atoms with E-state index in [4.69, 9.17) is 4.74 Å². The first-order chi connectivity index (χ1) is 5.43. The first kappa shape index (κ1) is 11.7. The molecule has 0 unspecified atom stereocenters. The van der Waals surface area contributed by atoms with Gasteiger partial charge in [0.2, 0.25) is 0 Å². The third-order valence-electron chi connectivity index (χ3n) is 1.66. The molecule has 0 aromatic heterocycles. The van der Waals surface area contributed by atoms with Gasteiger partial charge in [0.1, 0.15) is 0 Å². The Hall–Kier alpha value is -0.301. The Morgan fingerprint density at radius 3 is 2.42 bits per heavy atom. The maximum Gasteiger partial charge on any atom is 0.0465 e. The molecule has 0 fully saturated rings. The predicted octanol–water partition coefficient (Wildman–Crippen LogP) is 2.26. The summed E-state index contributed by atoms with van der Waals surface area (Å²) in [5, 5.41) is 0. The van der Waals surface area contributed by atoms with Crippen molar-refractivity contribution in [1.82, 2.24) is 0 Å². The zero-order valence-corrected chi connectivity index (χ0v) is 8.37. The molecule has 0 saturated carbocycles. The quantitative estimate of drug-likeness (QED) is 0.542. The van der Waals surface area contributed by atoms with Gasteiger partial charge in [0.25, 0.3) is 0 Å². The zero-order chi connectivity index (χ0) is 7.94. The Morgan fingerprint density at radius 1 is 1.17 bits per heavy atom. The molecule has 0 heterocycles. The molecule has 12 heavy (non-hydrogen) atoms. The van der Waals surface area contributed by atoms with Crippen LogP contribution in [0.3, 0.4) is 0 Å². The fourth-order valence-electron chi connectivity index (χ4n) is 1.07. The van der Waals surface area contributed by atoms with Gasteiger partial charge in [-0.1, -0.05) is 30.3 Å². The molecule has 1 rings (SSSR count). The van der Waals surface area contributed by atoms with Gasteiger partial charge in [0.15, 0.2) is 0 Å². The van der Waals surface area contributed by atoms with E-state index in [-0.39, 0.29) is 17.1 Å². The maximum atomic E-state index is 4.96. The van der Waals surface area contributed by atoms with Gasteiger partial charge < -0.3 is 4.74 Å². The predicted molar refractivity (Wildman–Crippen MR) is 46.6 cm³/mol. The molecule has 0 N–H and O–H groups in total. The van der Waals surface area contributed by atoms with Crippen molar-refractivity contribution in [3.63, 3.8) is 0 Å². The molecule has 2 heteroatoms. The molecule has 0 bridgehead atoms. The summed E-state index contributed by atoms with van der Waals surface area (Å²) in [5.74, 6) is 0. The summed E-state index contributed by atoms with van der Waals surface area (Å²) in [7, 11) is 1.74. The molecule has 1 nitrogen and oxygen atoms in total. The van der Waals surface area contributed by atoms with E-state index >= 15 is 0 Å². The number of hydrogen-bond acceptors (Lipinski definition) is 1. The SMILES string of the molecule is COCCCc1ccccc1.[Fe]. The second-order valence-corrected chi connectivity index (χ2v) is 2.58. The second kappa shape index (κ2) is 7.35. The maximum absolute atomic E-state index is 4.96. The fourth-order valence-corrected chi connectivity index (χ4v) is 1.07. The normalized spacial score (nSPS) is 9.08. The molecular formula is C10H14FeO. The molecule has 0 aliphatic heterocycles. The first-order valence-electron chi connectivity index (χ1n) is 3.96. The topological polar surface area (TPSA) is 9.23 Å². The monoisotopic (exact) mass is 206 g/mol. The van der Waals surface area contributed by atoms with E-state index in [1.807, 2.05) is 6.07 Å². The van der Waals surface area contributed by atoms with Gasteiger partial charge in [-0.15, -0.1) is 0 Å². The van der Waals surface area contributed by atoms with Crippen LogP contribution >= 0.6 is 0 Å². The van der Waals surface area contributed by atoms with Gasteiger partial charge in [0.05, 0.1) is 0 Å². The van der Waals surface area contributed by atoms with Gasteiger partial charge >= 0.3 is 0 Å². The number of methoxy groups -OCH3 is 1. The molecule has 0 saturated heterocycles. The van der Waals surface area contributed by atoms with Crippen LogP contribution < -0.4 is 0 Å². The number of benzene rings is 1. The minimum atomic E-state index is 0. The average molecular weight is 206 g/mol. The second-order valence-electron chi connectivity index (χ2n) is 2.58. The minimum Gasteiger partial charge on any atom is -0.385 e. The van der Waals surface area contributed by atoms with Crippen LogP contribution in [0.25, 0.3) is 0 Å². The van der Waals surface area contributed by atoms with Crippen molar-refractivity contribution in [2.45, 2.75) is 12.8 Å². The van der Waals surface area contributed by atoms with E-state index in [1.54, 1.807) is 7.11 Å². The molecule has 0 atom stereocenters. The van der Waals surface area contributed by atoms with Crippen LogP contribution in [0.15, 0.2) is 30.3 Å². The van der Waals surface area contributed by atoms with Crippen LogP contribution in [0.5, 0.6) is 0 Å². The van der Waals surface area contributed by atoms with Crippen LogP contribution in [0, 0.1) is 0 Å². The third kappa shape index (κ3) is 4.55. The molecule has 0 aliphatic carbocycles. The van der Waals surface area contributed by atoms with Crippen LogP contribution in [0.2, 0.25) is 0 Å². The molecule has 0 aliphatic rings. The smallest absolute Gasteiger partial charge is 0.0465 e. The fraction of sp³-hybridized carbons (Fsp3) is 0.400. The van der Waals surface area contributed by atoms with E-state index in [2.05, 4.69) is 24.3 Å². The van der Waals surface area contributed by atoms with Crippen LogP contribution in [-0.2, 0) is 28.2 Å². The molecule has 0 amide bonds. The van der Waals surface area contributed by atoms with Crippen molar-refractivity contribution in [2.75, 3.05) is 13.7 Å². The Labute approximate surface area is 84.6 Å². The van der Waals surface area contributed by atoms with Crippen molar-refractivity contribution in [3.05, 3.63) is 35.9 Å². The van der Waals surface area contributed by atoms with E-state index in [0.717, 1.165) is 19.4 Å². The summed E-state index contributed by atoms with van der Waals surface area (Å²) in [6.45, 7) is 0.856. The molecule has 0 spiro atoms. The van der Waals surface area contributed by atoms with Gasteiger partial charge in [-0.25, -0.2) is 0 Å². The van der Waals surface area contributed by atoms with Crippen molar-refractivity contribution < 1.29 is 21.8 Å². The Morgan fingerprint density at radius 2 is 1.83 bits per heavy atom. The number of aryl methyl sites for hydroxylation is 1. The Bertz CT molecular complexity index is 186. The number of ether oxygens (including phenoxy) is 1. The minimum absolute atomic E-state index is 0. The van der Waals surface area contributed by atoms with E-state index < -0.39 is 0 Å². The third-order valence-corrected chi connectivity index (χ3v) is 1.66.